The maximum absolute atomic E-state index is 10.9. The molecule has 114 valence electrons. The van der Waals surface area contributed by atoms with Crippen LogP contribution >= 0.6 is 27.3 Å². The predicted octanol–water partition coefficient (Wildman–Crippen LogP) is 0.415. The van der Waals surface area contributed by atoms with E-state index in [4.69, 9.17) is 0 Å². The van der Waals surface area contributed by atoms with E-state index < -0.39 is 5.97 Å². The van der Waals surface area contributed by atoms with E-state index >= 15 is 0 Å². The molecule has 3 aromatic rings. The van der Waals surface area contributed by atoms with Gasteiger partial charge in [-0.1, -0.05) is 35.8 Å². The van der Waals surface area contributed by atoms with Gasteiger partial charge in [0.2, 0.25) is 0 Å². The van der Waals surface area contributed by atoms with Gasteiger partial charge < -0.3 is 9.90 Å². The van der Waals surface area contributed by atoms with Gasteiger partial charge in [0.15, 0.2) is 5.13 Å². The Balaban J connectivity index is 0.00000192. The van der Waals surface area contributed by atoms with Gasteiger partial charge in [-0.05, 0) is 30.0 Å². The Bertz CT molecular complexity index is 857. The van der Waals surface area contributed by atoms with Crippen LogP contribution in [0.4, 0.5) is 0 Å². The van der Waals surface area contributed by atoms with Gasteiger partial charge >= 0.3 is 29.6 Å². The fraction of sp³-hybridized carbons (Fsp3) is 0.250. The Morgan fingerprint density at radius 1 is 1.43 bits per heavy atom. The minimum Gasteiger partial charge on any atom is -0.543 e. The largest absolute Gasteiger partial charge is 1.00 e. The summed E-state index contributed by atoms with van der Waals surface area (Å²) in [6.07, 6.45) is 3.01. The van der Waals surface area contributed by atoms with Crippen molar-refractivity contribution in [2.24, 2.45) is 5.92 Å². The summed E-state index contributed by atoms with van der Waals surface area (Å²) in [7, 11) is 0. The number of carboxylic acids is 1. The van der Waals surface area contributed by atoms with Crippen molar-refractivity contribution in [3.8, 4) is 5.13 Å². The number of fused-ring (bicyclic) bond motifs is 1. The SMILES string of the molecule is CC(C)Cc1cn(-c2nc(C(=O)[O-])cs2)c2cc(Br)ccc12.[Na+]. The number of rotatable bonds is 4. The van der Waals surface area contributed by atoms with Gasteiger partial charge in [-0.3, -0.25) is 4.57 Å². The van der Waals surface area contributed by atoms with Gasteiger partial charge in [-0.15, -0.1) is 11.3 Å². The number of benzene rings is 1. The van der Waals surface area contributed by atoms with E-state index in [9.17, 15) is 9.90 Å². The number of thiazole rings is 1. The Labute approximate surface area is 169 Å². The summed E-state index contributed by atoms with van der Waals surface area (Å²) in [5.74, 6) is -0.708. The molecule has 2 aromatic heterocycles. The normalized spacial score (nSPS) is 11.0. The van der Waals surface area contributed by atoms with E-state index in [1.807, 2.05) is 16.7 Å². The molecule has 0 aliphatic heterocycles. The zero-order valence-electron chi connectivity index (χ0n) is 13.2. The molecule has 1 aromatic carbocycles. The van der Waals surface area contributed by atoms with Crippen molar-refractivity contribution >= 4 is 44.1 Å². The second kappa shape index (κ2) is 7.49. The Kier molecular flexibility index (Phi) is 6.08. The molecular weight excluding hydrogens is 387 g/mol. The summed E-state index contributed by atoms with van der Waals surface area (Å²) in [6, 6.07) is 6.13. The number of aromatic carboxylic acids is 1. The third-order valence-corrected chi connectivity index (χ3v) is 4.72. The molecule has 0 aliphatic carbocycles. The Hall–Kier alpha value is -0.660. The molecule has 0 aliphatic rings. The van der Waals surface area contributed by atoms with E-state index in [0.717, 1.165) is 16.4 Å². The molecule has 0 saturated carbocycles. The number of carboxylic acid groups (broad SMARTS) is 1. The van der Waals surface area contributed by atoms with E-state index in [2.05, 4.69) is 47.0 Å². The van der Waals surface area contributed by atoms with Crippen LogP contribution in [0.25, 0.3) is 16.0 Å². The van der Waals surface area contributed by atoms with Crippen molar-refractivity contribution in [2.75, 3.05) is 0 Å². The number of carbonyl (C=O) groups is 1. The molecule has 23 heavy (non-hydrogen) atoms. The fourth-order valence-corrected chi connectivity index (χ4v) is 3.63. The summed E-state index contributed by atoms with van der Waals surface area (Å²) in [5.41, 5.74) is 2.23. The molecule has 0 spiro atoms. The van der Waals surface area contributed by atoms with Crippen LogP contribution in [0.1, 0.15) is 29.9 Å². The zero-order chi connectivity index (χ0) is 15.9. The summed E-state index contributed by atoms with van der Waals surface area (Å²) >= 11 is 4.79. The summed E-state index contributed by atoms with van der Waals surface area (Å²) in [5, 5.41) is 14.2. The first kappa shape index (κ1) is 18.7. The van der Waals surface area contributed by atoms with Crippen molar-refractivity contribution in [1.29, 1.82) is 0 Å². The molecule has 0 radical (unpaired) electrons. The van der Waals surface area contributed by atoms with Crippen LogP contribution in [0, 0.1) is 5.92 Å². The van der Waals surface area contributed by atoms with Crippen molar-refractivity contribution in [3.63, 3.8) is 0 Å². The van der Waals surface area contributed by atoms with Crippen molar-refractivity contribution in [1.82, 2.24) is 9.55 Å². The molecule has 0 unspecified atom stereocenters. The zero-order valence-corrected chi connectivity index (χ0v) is 17.6. The summed E-state index contributed by atoms with van der Waals surface area (Å²) < 4.78 is 2.93. The van der Waals surface area contributed by atoms with Crippen molar-refractivity contribution in [2.45, 2.75) is 20.3 Å². The molecule has 3 rings (SSSR count). The number of carbonyl (C=O) groups excluding carboxylic acids is 1. The number of halogens is 1. The fourth-order valence-electron chi connectivity index (χ4n) is 2.50. The molecular formula is C16H14BrN2NaO2S. The number of hydrogen-bond donors (Lipinski definition) is 0. The van der Waals surface area contributed by atoms with Crippen LogP contribution < -0.4 is 34.7 Å². The van der Waals surface area contributed by atoms with Crippen molar-refractivity contribution < 1.29 is 39.5 Å². The van der Waals surface area contributed by atoms with Gasteiger partial charge in [0, 0.05) is 21.4 Å². The van der Waals surface area contributed by atoms with Crippen LogP contribution in [-0.4, -0.2) is 15.5 Å². The van der Waals surface area contributed by atoms with Gasteiger partial charge in [-0.2, -0.15) is 0 Å². The molecule has 0 N–H and O–H groups in total. The average molecular weight is 401 g/mol. The number of hydrogen-bond acceptors (Lipinski definition) is 4. The van der Waals surface area contributed by atoms with Gasteiger partial charge in [0.1, 0.15) is 0 Å². The first-order valence-corrected chi connectivity index (χ1v) is 8.59. The Morgan fingerprint density at radius 2 is 2.17 bits per heavy atom. The van der Waals surface area contributed by atoms with E-state index in [1.165, 1.54) is 27.7 Å². The average Bonchev–Trinajstić information content (AvgIpc) is 3.03. The molecule has 0 fully saturated rings. The molecule has 4 nitrogen and oxygen atoms in total. The van der Waals surface area contributed by atoms with Gasteiger partial charge in [0.25, 0.3) is 0 Å². The van der Waals surface area contributed by atoms with Crippen LogP contribution in [0.5, 0.6) is 0 Å². The van der Waals surface area contributed by atoms with Crippen LogP contribution in [-0.2, 0) is 6.42 Å². The first-order chi connectivity index (χ1) is 10.5. The minimum absolute atomic E-state index is 0. The van der Waals surface area contributed by atoms with Crippen LogP contribution in [0.3, 0.4) is 0 Å². The minimum atomic E-state index is -1.25. The molecule has 0 saturated heterocycles. The van der Waals surface area contributed by atoms with E-state index in [0.29, 0.717) is 11.0 Å². The maximum Gasteiger partial charge on any atom is 1.00 e. The second-order valence-corrected chi connectivity index (χ2v) is 7.34. The van der Waals surface area contributed by atoms with E-state index in [1.54, 1.807) is 0 Å². The quantitative estimate of drug-likeness (QED) is 0.596. The monoisotopic (exact) mass is 400 g/mol. The van der Waals surface area contributed by atoms with Gasteiger partial charge in [0.05, 0.1) is 17.2 Å². The summed E-state index contributed by atoms with van der Waals surface area (Å²) in [4.78, 5) is 15.1. The smallest absolute Gasteiger partial charge is 0.543 e. The summed E-state index contributed by atoms with van der Waals surface area (Å²) in [6.45, 7) is 4.36. The Morgan fingerprint density at radius 3 is 2.78 bits per heavy atom. The number of nitrogens with zero attached hydrogens (tertiary/aromatic N) is 2. The first-order valence-electron chi connectivity index (χ1n) is 6.92. The van der Waals surface area contributed by atoms with Crippen molar-refractivity contribution in [3.05, 3.63) is 45.5 Å². The molecule has 2 heterocycles. The second-order valence-electron chi connectivity index (χ2n) is 5.59. The maximum atomic E-state index is 10.9. The van der Waals surface area contributed by atoms with Crippen LogP contribution in [0.15, 0.2) is 34.2 Å². The van der Waals surface area contributed by atoms with Gasteiger partial charge in [-0.25, -0.2) is 4.98 Å². The predicted molar refractivity (Wildman–Crippen MR) is 89.5 cm³/mol. The standard InChI is InChI=1S/C16H15BrN2O2S.Na/c1-9(2)5-10-7-19(14-6-11(17)3-4-12(10)14)16-18-13(8-22-16)15(20)21;/h3-4,6-9H,5H2,1-2H3,(H,20,21);/q;+1/p-1. The molecule has 0 amide bonds. The third-order valence-electron chi connectivity index (χ3n) is 3.39. The van der Waals surface area contributed by atoms with Crippen LogP contribution in [0.2, 0.25) is 0 Å². The molecule has 0 atom stereocenters. The number of aromatic nitrogens is 2. The molecule has 7 heteroatoms. The topological polar surface area (TPSA) is 58.0 Å². The third kappa shape index (κ3) is 3.88. The molecule has 0 bridgehead atoms. The van der Waals surface area contributed by atoms with E-state index in [-0.39, 0.29) is 35.3 Å².